The van der Waals surface area contributed by atoms with Crippen molar-refractivity contribution in [2.24, 2.45) is 0 Å². The minimum atomic E-state index is 0.497. The highest BCUT2D eigenvalue weighted by atomic mass is 16.5. The molecule has 0 radical (unpaired) electrons. The van der Waals surface area contributed by atoms with E-state index in [0.717, 1.165) is 23.6 Å². The molecule has 0 amide bonds. The predicted molar refractivity (Wildman–Crippen MR) is 82.4 cm³/mol. The lowest BCUT2D eigenvalue weighted by molar-refractivity contribution is 0.318. The van der Waals surface area contributed by atoms with Crippen molar-refractivity contribution < 1.29 is 9.47 Å². The van der Waals surface area contributed by atoms with Crippen molar-refractivity contribution in [3.8, 4) is 11.5 Å². The van der Waals surface area contributed by atoms with Crippen LogP contribution in [0.1, 0.15) is 37.7 Å². The maximum absolute atomic E-state index is 5.77. The van der Waals surface area contributed by atoms with E-state index in [1.54, 1.807) is 13.2 Å². The van der Waals surface area contributed by atoms with E-state index in [1.807, 2.05) is 12.1 Å². The van der Waals surface area contributed by atoms with Gasteiger partial charge in [0.1, 0.15) is 6.61 Å². The molecular formula is C17H25NO2. The molecule has 0 aromatic heterocycles. The van der Waals surface area contributed by atoms with Gasteiger partial charge < -0.3 is 14.8 Å². The van der Waals surface area contributed by atoms with E-state index < -0.39 is 0 Å². The molecule has 0 bridgehead atoms. The van der Waals surface area contributed by atoms with Gasteiger partial charge >= 0.3 is 0 Å². The summed E-state index contributed by atoms with van der Waals surface area (Å²) in [6.45, 7) is 5.02. The first kappa shape index (κ1) is 14.9. The zero-order valence-corrected chi connectivity index (χ0v) is 12.4. The SMILES string of the molecule is C=CCOc1c(CNC2CCCCC2)cccc1OC. The Morgan fingerprint density at radius 2 is 2.10 bits per heavy atom. The van der Waals surface area contributed by atoms with Gasteiger partial charge in [0.15, 0.2) is 11.5 Å². The lowest BCUT2D eigenvalue weighted by Crippen LogP contribution is -2.30. The van der Waals surface area contributed by atoms with Crippen LogP contribution in [0.2, 0.25) is 0 Å². The minimum Gasteiger partial charge on any atom is -0.493 e. The quantitative estimate of drug-likeness (QED) is 0.770. The molecule has 1 N–H and O–H groups in total. The summed E-state index contributed by atoms with van der Waals surface area (Å²) in [4.78, 5) is 0. The van der Waals surface area contributed by atoms with Crippen molar-refractivity contribution in [1.82, 2.24) is 5.32 Å². The van der Waals surface area contributed by atoms with Crippen LogP contribution >= 0.6 is 0 Å². The molecule has 3 heteroatoms. The Balaban J connectivity index is 2.02. The summed E-state index contributed by atoms with van der Waals surface area (Å²) in [7, 11) is 1.68. The third-order valence-corrected chi connectivity index (χ3v) is 3.81. The van der Waals surface area contributed by atoms with Crippen molar-refractivity contribution in [3.05, 3.63) is 36.4 Å². The standard InChI is InChI=1S/C17H25NO2/c1-3-12-20-17-14(8-7-11-16(17)19-2)13-18-15-9-5-4-6-10-15/h3,7-8,11,15,18H,1,4-6,9-10,12-13H2,2H3. The third-order valence-electron chi connectivity index (χ3n) is 3.81. The molecule has 1 aliphatic rings. The van der Waals surface area contributed by atoms with Gasteiger partial charge in [-0.1, -0.05) is 44.1 Å². The van der Waals surface area contributed by atoms with Crippen LogP contribution in [0.15, 0.2) is 30.9 Å². The van der Waals surface area contributed by atoms with E-state index in [0.29, 0.717) is 12.6 Å². The Morgan fingerprint density at radius 1 is 1.30 bits per heavy atom. The molecule has 0 saturated heterocycles. The fourth-order valence-corrected chi connectivity index (χ4v) is 2.73. The molecule has 1 saturated carbocycles. The maximum atomic E-state index is 5.77. The highest BCUT2D eigenvalue weighted by molar-refractivity contribution is 5.46. The van der Waals surface area contributed by atoms with Crippen molar-refractivity contribution in [2.75, 3.05) is 13.7 Å². The number of nitrogens with one attached hydrogen (secondary N) is 1. The summed E-state index contributed by atoms with van der Waals surface area (Å²) < 4.78 is 11.2. The number of hydrogen-bond acceptors (Lipinski definition) is 3. The molecule has 0 heterocycles. The van der Waals surface area contributed by atoms with Gasteiger partial charge in [-0.05, 0) is 18.9 Å². The largest absolute Gasteiger partial charge is 0.493 e. The molecular weight excluding hydrogens is 250 g/mol. The second-order valence-corrected chi connectivity index (χ2v) is 5.26. The smallest absolute Gasteiger partial charge is 0.166 e. The van der Waals surface area contributed by atoms with Crippen LogP contribution in [-0.2, 0) is 6.54 Å². The normalized spacial score (nSPS) is 15.8. The second kappa shape index (κ2) is 7.95. The lowest BCUT2D eigenvalue weighted by Gasteiger charge is -2.23. The molecule has 0 spiro atoms. The Morgan fingerprint density at radius 3 is 2.80 bits per heavy atom. The first-order valence-electron chi connectivity index (χ1n) is 7.48. The Hall–Kier alpha value is -1.48. The van der Waals surface area contributed by atoms with Crippen LogP contribution in [0.5, 0.6) is 11.5 Å². The van der Waals surface area contributed by atoms with Crippen LogP contribution in [0.25, 0.3) is 0 Å². The number of para-hydroxylation sites is 1. The van der Waals surface area contributed by atoms with Gasteiger partial charge in [-0.25, -0.2) is 0 Å². The molecule has 3 nitrogen and oxygen atoms in total. The average Bonchev–Trinajstić information content (AvgIpc) is 2.52. The van der Waals surface area contributed by atoms with Gasteiger partial charge in [-0.3, -0.25) is 0 Å². The molecule has 1 aliphatic carbocycles. The van der Waals surface area contributed by atoms with E-state index in [-0.39, 0.29) is 0 Å². The zero-order chi connectivity index (χ0) is 14.2. The molecule has 0 atom stereocenters. The fraction of sp³-hybridized carbons (Fsp3) is 0.529. The minimum absolute atomic E-state index is 0.497. The highest BCUT2D eigenvalue weighted by Gasteiger charge is 2.15. The van der Waals surface area contributed by atoms with E-state index in [4.69, 9.17) is 9.47 Å². The molecule has 1 aromatic rings. The van der Waals surface area contributed by atoms with Gasteiger partial charge in [0.05, 0.1) is 7.11 Å². The van der Waals surface area contributed by atoms with Crippen molar-refractivity contribution in [1.29, 1.82) is 0 Å². The van der Waals surface area contributed by atoms with Gasteiger partial charge in [-0.15, -0.1) is 0 Å². The number of methoxy groups -OCH3 is 1. The third kappa shape index (κ3) is 4.01. The van der Waals surface area contributed by atoms with E-state index >= 15 is 0 Å². The summed E-state index contributed by atoms with van der Waals surface area (Å²) in [5, 5.41) is 3.64. The van der Waals surface area contributed by atoms with E-state index in [1.165, 1.54) is 32.1 Å². The maximum Gasteiger partial charge on any atom is 0.166 e. The molecule has 1 fully saturated rings. The number of hydrogen-bond donors (Lipinski definition) is 1. The summed E-state index contributed by atoms with van der Waals surface area (Å²) in [6.07, 6.45) is 8.39. The lowest BCUT2D eigenvalue weighted by atomic mass is 9.95. The van der Waals surface area contributed by atoms with Crippen LogP contribution in [0, 0.1) is 0 Å². The molecule has 1 aromatic carbocycles. The Bertz CT molecular complexity index is 425. The van der Waals surface area contributed by atoms with E-state index in [9.17, 15) is 0 Å². The first-order chi connectivity index (χ1) is 9.85. The number of benzene rings is 1. The van der Waals surface area contributed by atoms with Crippen molar-refractivity contribution >= 4 is 0 Å². The molecule has 2 rings (SSSR count). The average molecular weight is 275 g/mol. The van der Waals surface area contributed by atoms with Gasteiger partial charge in [0.25, 0.3) is 0 Å². The fourth-order valence-electron chi connectivity index (χ4n) is 2.73. The second-order valence-electron chi connectivity index (χ2n) is 5.26. The van der Waals surface area contributed by atoms with Crippen molar-refractivity contribution in [3.63, 3.8) is 0 Å². The molecule has 20 heavy (non-hydrogen) atoms. The number of rotatable bonds is 7. The predicted octanol–water partition coefficient (Wildman–Crippen LogP) is 3.68. The van der Waals surface area contributed by atoms with Crippen LogP contribution in [0.4, 0.5) is 0 Å². The molecule has 0 aliphatic heterocycles. The number of ether oxygens (including phenoxy) is 2. The zero-order valence-electron chi connectivity index (χ0n) is 12.4. The summed E-state index contributed by atoms with van der Waals surface area (Å²) in [5.74, 6) is 1.62. The monoisotopic (exact) mass is 275 g/mol. The summed E-state index contributed by atoms with van der Waals surface area (Å²) >= 11 is 0. The molecule has 0 unspecified atom stereocenters. The van der Waals surface area contributed by atoms with Gasteiger partial charge in [0.2, 0.25) is 0 Å². The summed E-state index contributed by atoms with van der Waals surface area (Å²) in [6, 6.07) is 6.68. The van der Waals surface area contributed by atoms with Crippen LogP contribution in [-0.4, -0.2) is 19.8 Å². The van der Waals surface area contributed by atoms with E-state index in [2.05, 4.69) is 18.0 Å². The first-order valence-corrected chi connectivity index (χ1v) is 7.48. The molecule has 110 valence electrons. The van der Waals surface area contributed by atoms with Crippen LogP contribution < -0.4 is 14.8 Å². The topological polar surface area (TPSA) is 30.5 Å². The highest BCUT2D eigenvalue weighted by Crippen LogP contribution is 2.31. The van der Waals surface area contributed by atoms with Crippen molar-refractivity contribution in [2.45, 2.75) is 44.7 Å². The van der Waals surface area contributed by atoms with Gasteiger partial charge in [0, 0.05) is 18.2 Å². The Labute approximate surface area is 122 Å². The van der Waals surface area contributed by atoms with Crippen LogP contribution in [0.3, 0.4) is 0 Å². The van der Waals surface area contributed by atoms with Gasteiger partial charge in [-0.2, -0.15) is 0 Å². The summed E-state index contributed by atoms with van der Waals surface area (Å²) in [5.41, 5.74) is 1.15. The Kier molecular flexibility index (Phi) is 5.93.